The monoisotopic (exact) mass is 370 g/mol. The number of rotatable bonds is 2. The van der Waals surface area contributed by atoms with Gasteiger partial charge in [0.2, 0.25) is 0 Å². The highest BCUT2D eigenvalue weighted by Crippen LogP contribution is 2.54. The number of benzene rings is 2. The number of aryl methyl sites for hydroxylation is 1. The predicted molar refractivity (Wildman–Crippen MR) is 111 cm³/mol. The molecule has 142 valence electrons. The van der Waals surface area contributed by atoms with Gasteiger partial charge in [0, 0.05) is 35.9 Å². The van der Waals surface area contributed by atoms with Crippen LogP contribution in [0.4, 0.5) is 0 Å². The van der Waals surface area contributed by atoms with Crippen molar-refractivity contribution in [3.8, 4) is 11.3 Å². The Balaban J connectivity index is 1.63. The normalized spacial score (nSPS) is 26.6. The lowest BCUT2D eigenvalue weighted by Gasteiger charge is -2.47. The highest BCUT2D eigenvalue weighted by molar-refractivity contribution is 5.87. The van der Waals surface area contributed by atoms with E-state index in [-0.39, 0.29) is 11.3 Å². The van der Waals surface area contributed by atoms with Gasteiger partial charge in [0.1, 0.15) is 5.78 Å². The highest BCUT2D eigenvalue weighted by atomic mass is 16.1. The Morgan fingerprint density at radius 1 is 1.00 bits per heavy atom. The molecule has 0 spiro atoms. The fraction of sp³-hybridized carbons (Fsp3) is 0.360. The summed E-state index contributed by atoms with van der Waals surface area (Å²) in [6.45, 7) is 2.35. The zero-order valence-corrected chi connectivity index (χ0v) is 16.6. The molecule has 0 N–H and O–H groups in total. The summed E-state index contributed by atoms with van der Waals surface area (Å²) in [5.41, 5.74) is 6.20. The van der Waals surface area contributed by atoms with Gasteiger partial charge in [0.25, 0.3) is 0 Å². The van der Waals surface area contributed by atoms with Gasteiger partial charge in [0.15, 0.2) is 0 Å². The summed E-state index contributed by atoms with van der Waals surface area (Å²) in [7, 11) is 2.06. The van der Waals surface area contributed by atoms with Crippen molar-refractivity contribution >= 4 is 5.78 Å². The lowest BCUT2D eigenvalue weighted by atomic mass is 9.55. The van der Waals surface area contributed by atoms with Crippen LogP contribution in [0.2, 0.25) is 0 Å². The number of carbonyl (C=O) groups excluding carboxylic acids is 1. The maximum Gasteiger partial charge on any atom is 0.140 e. The van der Waals surface area contributed by atoms with Crippen molar-refractivity contribution in [1.29, 1.82) is 0 Å². The Labute approximate surface area is 166 Å². The van der Waals surface area contributed by atoms with Crippen LogP contribution in [0.1, 0.15) is 48.9 Å². The zero-order chi connectivity index (χ0) is 19.3. The van der Waals surface area contributed by atoms with Gasteiger partial charge in [0.05, 0.1) is 11.4 Å². The molecule has 2 aliphatic carbocycles. The molecule has 1 fully saturated rings. The van der Waals surface area contributed by atoms with Crippen LogP contribution in [0.15, 0.2) is 60.7 Å². The summed E-state index contributed by atoms with van der Waals surface area (Å²) in [6.07, 6.45) is 3.58. The van der Waals surface area contributed by atoms with Gasteiger partial charge in [-0.2, -0.15) is 5.10 Å². The Morgan fingerprint density at radius 2 is 1.68 bits per heavy atom. The summed E-state index contributed by atoms with van der Waals surface area (Å²) in [4.78, 5) is 13.0. The minimum absolute atomic E-state index is 0.00437. The van der Waals surface area contributed by atoms with E-state index >= 15 is 0 Å². The molecule has 2 aromatic carbocycles. The summed E-state index contributed by atoms with van der Waals surface area (Å²) in [6, 6.07) is 21.0. The molecule has 0 radical (unpaired) electrons. The van der Waals surface area contributed by atoms with Crippen LogP contribution < -0.4 is 0 Å². The zero-order valence-electron chi connectivity index (χ0n) is 16.6. The molecular formula is C25H26N2O. The van der Waals surface area contributed by atoms with Crippen molar-refractivity contribution in [2.75, 3.05) is 0 Å². The van der Waals surface area contributed by atoms with Crippen molar-refractivity contribution in [3.63, 3.8) is 0 Å². The Kier molecular flexibility index (Phi) is 4.01. The number of hydrogen-bond acceptors (Lipinski definition) is 2. The molecule has 3 aromatic rings. The Hall–Kier alpha value is -2.68. The molecule has 1 aromatic heterocycles. The average Bonchev–Trinajstić information content (AvgIpc) is 3.07. The maximum atomic E-state index is 13.0. The molecule has 1 saturated carbocycles. The Bertz CT molecular complexity index is 1020. The van der Waals surface area contributed by atoms with Crippen LogP contribution in [0.3, 0.4) is 0 Å². The van der Waals surface area contributed by atoms with Gasteiger partial charge in [-0.05, 0) is 30.7 Å². The minimum Gasteiger partial charge on any atom is -0.299 e. The number of fused-ring (bicyclic) bond motifs is 3. The van der Waals surface area contributed by atoms with Gasteiger partial charge < -0.3 is 0 Å². The van der Waals surface area contributed by atoms with Crippen LogP contribution >= 0.6 is 0 Å². The minimum atomic E-state index is -0.0488. The molecule has 3 nitrogen and oxygen atoms in total. The van der Waals surface area contributed by atoms with E-state index in [0.717, 1.165) is 19.3 Å². The maximum absolute atomic E-state index is 13.0. The number of ketones is 1. The number of hydrogen-bond donors (Lipinski definition) is 0. The fourth-order valence-electron chi connectivity index (χ4n) is 5.69. The summed E-state index contributed by atoms with van der Waals surface area (Å²) in [5.74, 6) is 0.716. The first-order valence-corrected chi connectivity index (χ1v) is 10.3. The number of carbonyl (C=O) groups is 1. The van der Waals surface area contributed by atoms with E-state index in [4.69, 9.17) is 5.10 Å². The highest BCUT2D eigenvalue weighted by Gasteiger charge is 2.52. The lowest BCUT2D eigenvalue weighted by Crippen LogP contribution is -2.46. The second-order valence-corrected chi connectivity index (χ2v) is 8.58. The van der Waals surface area contributed by atoms with Gasteiger partial charge in [-0.3, -0.25) is 9.48 Å². The predicted octanol–water partition coefficient (Wildman–Crippen LogP) is 5.05. The first-order valence-electron chi connectivity index (χ1n) is 10.3. The van der Waals surface area contributed by atoms with Crippen LogP contribution in [0, 0.1) is 5.92 Å². The van der Waals surface area contributed by atoms with Gasteiger partial charge in [-0.25, -0.2) is 0 Å². The van der Waals surface area contributed by atoms with Crippen LogP contribution in [0.5, 0.6) is 0 Å². The third kappa shape index (κ3) is 2.49. The molecule has 3 atom stereocenters. The quantitative estimate of drug-likeness (QED) is 0.632. The SMILES string of the molecule is Cn1nc2c(c1-c1ccccc1)CC[C@H]1[C@H](c3ccccc3)C(=O)CC[C@]21C. The number of aromatic nitrogens is 2. The van der Waals surface area contributed by atoms with E-state index in [2.05, 4.69) is 73.3 Å². The van der Waals surface area contributed by atoms with Crippen LogP contribution in [-0.4, -0.2) is 15.6 Å². The smallest absolute Gasteiger partial charge is 0.140 e. The molecule has 0 amide bonds. The van der Waals surface area contributed by atoms with E-state index in [9.17, 15) is 4.79 Å². The van der Waals surface area contributed by atoms with Gasteiger partial charge in [-0.1, -0.05) is 67.6 Å². The molecule has 1 heterocycles. The molecule has 3 heteroatoms. The average molecular weight is 370 g/mol. The molecule has 5 rings (SSSR count). The van der Waals surface area contributed by atoms with Crippen molar-refractivity contribution in [1.82, 2.24) is 9.78 Å². The van der Waals surface area contributed by atoms with E-state index in [1.807, 2.05) is 6.07 Å². The van der Waals surface area contributed by atoms with Crippen LogP contribution in [0.25, 0.3) is 11.3 Å². The third-order valence-corrected chi connectivity index (χ3v) is 7.06. The number of nitrogens with zero attached hydrogens (tertiary/aromatic N) is 2. The van der Waals surface area contributed by atoms with Crippen molar-refractivity contribution in [2.45, 2.75) is 43.9 Å². The van der Waals surface area contributed by atoms with E-state index < -0.39 is 0 Å². The number of Topliss-reactive ketones (excluding diaryl/α,β-unsaturated/α-hetero) is 1. The fourth-order valence-corrected chi connectivity index (χ4v) is 5.69. The molecule has 0 unspecified atom stereocenters. The summed E-state index contributed by atoms with van der Waals surface area (Å²) in [5, 5.41) is 5.04. The Morgan fingerprint density at radius 3 is 2.39 bits per heavy atom. The van der Waals surface area contributed by atoms with Crippen molar-refractivity contribution in [2.24, 2.45) is 13.0 Å². The van der Waals surface area contributed by atoms with E-state index in [1.165, 1.54) is 28.1 Å². The molecular weight excluding hydrogens is 344 g/mol. The van der Waals surface area contributed by atoms with E-state index in [1.54, 1.807) is 0 Å². The summed E-state index contributed by atoms with van der Waals surface area (Å²) >= 11 is 0. The third-order valence-electron chi connectivity index (χ3n) is 7.06. The molecule has 0 aliphatic heterocycles. The summed E-state index contributed by atoms with van der Waals surface area (Å²) < 4.78 is 2.06. The van der Waals surface area contributed by atoms with Gasteiger partial charge >= 0.3 is 0 Å². The van der Waals surface area contributed by atoms with Crippen LogP contribution in [-0.2, 0) is 23.7 Å². The molecule has 2 aliphatic rings. The second-order valence-electron chi connectivity index (χ2n) is 8.58. The first kappa shape index (κ1) is 17.4. The molecule has 28 heavy (non-hydrogen) atoms. The second kappa shape index (κ2) is 6.44. The lowest BCUT2D eigenvalue weighted by molar-refractivity contribution is -0.125. The van der Waals surface area contributed by atoms with Crippen molar-refractivity contribution < 1.29 is 4.79 Å². The molecule has 0 bridgehead atoms. The topological polar surface area (TPSA) is 34.9 Å². The van der Waals surface area contributed by atoms with Crippen molar-refractivity contribution in [3.05, 3.63) is 77.5 Å². The largest absolute Gasteiger partial charge is 0.299 e. The first-order chi connectivity index (χ1) is 13.6. The van der Waals surface area contributed by atoms with Gasteiger partial charge in [-0.15, -0.1) is 0 Å². The molecule has 0 saturated heterocycles. The standard InChI is InChI=1S/C25H26N2O/c1-25-16-15-21(28)22(17-9-5-3-6-10-17)20(25)14-13-19-23(27(2)26-24(19)25)18-11-7-4-8-12-18/h3-12,20,22H,13-16H2,1-2H3/t20-,22-,25-/m0/s1. The van der Waals surface area contributed by atoms with E-state index in [0.29, 0.717) is 18.1 Å².